The highest BCUT2D eigenvalue weighted by atomic mass is 32.2. The monoisotopic (exact) mass is 360 g/mol. The van der Waals surface area contributed by atoms with Crippen molar-refractivity contribution in [2.75, 3.05) is 6.54 Å². The Morgan fingerprint density at radius 3 is 2.52 bits per heavy atom. The summed E-state index contributed by atoms with van der Waals surface area (Å²) in [5.41, 5.74) is 1.56. The van der Waals surface area contributed by atoms with E-state index in [1.54, 1.807) is 42.6 Å². The Bertz CT molecular complexity index is 787. The van der Waals surface area contributed by atoms with Gasteiger partial charge in [0.05, 0.1) is 4.90 Å². The van der Waals surface area contributed by atoms with Gasteiger partial charge >= 0.3 is 0 Å². The lowest BCUT2D eigenvalue weighted by molar-refractivity contribution is -0.121. The first-order chi connectivity index (χ1) is 11.9. The van der Waals surface area contributed by atoms with Crippen molar-refractivity contribution in [2.24, 2.45) is 0 Å². The molecule has 1 heterocycles. The van der Waals surface area contributed by atoms with Gasteiger partial charge in [0.25, 0.3) is 0 Å². The number of nitrogens with one attached hydrogen (secondary N) is 1. The second-order valence-electron chi connectivity index (χ2n) is 6.04. The van der Waals surface area contributed by atoms with E-state index < -0.39 is 15.1 Å². The van der Waals surface area contributed by atoms with E-state index in [4.69, 9.17) is 0 Å². The van der Waals surface area contributed by atoms with Crippen LogP contribution in [0.4, 0.5) is 0 Å². The lowest BCUT2D eigenvalue weighted by Crippen LogP contribution is -2.31. The first-order valence-electron chi connectivity index (χ1n) is 8.42. The standard InChI is InChI=1S/C19H24N2O3S/c1-3-4-7-19(22)21-14-18(16-6-5-12-20-13-16)25(23,24)17-10-8-15(2)9-11-17/h5-6,8-13,18H,3-4,7,14H2,1-2H3,(H,21,22)/t18-/m0/s1. The molecule has 5 nitrogen and oxygen atoms in total. The summed E-state index contributed by atoms with van der Waals surface area (Å²) in [4.78, 5) is 16.2. The second kappa shape index (κ2) is 8.76. The predicted octanol–water partition coefficient (Wildman–Crippen LogP) is 3.21. The minimum atomic E-state index is -3.64. The van der Waals surface area contributed by atoms with Crippen LogP contribution in [0, 0.1) is 6.92 Å². The van der Waals surface area contributed by atoms with Crippen molar-refractivity contribution in [3.05, 3.63) is 59.9 Å². The van der Waals surface area contributed by atoms with E-state index in [9.17, 15) is 13.2 Å². The van der Waals surface area contributed by atoms with Crippen LogP contribution in [0.1, 0.15) is 42.6 Å². The fourth-order valence-electron chi connectivity index (χ4n) is 2.50. The van der Waals surface area contributed by atoms with Gasteiger partial charge in [-0.15, -0.1) is 0 Å². The summed E-state index contributed by atoms with van der Waals surface area (Å²) in [5.74, 6) is -0.130. The molecule has 6 heteroatoms. The second-order valence-corrected chi connectivity index (χ2v) is 8.17. The topological polar surface area (TPSA) is 76.1 Å². The van der Waals surface area contributed by atoms with Gasteiger partial charge in [-0.1, -0.05) is 37.1 Å². The lowest BCUT2D eigenvalue weighted by Gasteiger charge is -2.19. The number of unbranched alkanes of at least 4 members (excludes halogenated alkanes) is 1. The average molecular weight is 360 g/mol. The summed E-state index contributed by atoms with van der Waals surface area (Å²) in [6.45, 7) is 3.95. The number of hydrogen-bond acceptors (Lipinski definition) is 4. The molecule has 2 rings (SSSR count). The maximum Gasteiger partial charge on any atom is 0.220 e. The molecule has 0 saturated carbocycles. The first kappa shape index (κ1) is 19.1. The number of pyridine rings is 1. The molecule has 1 aromatic heterocycles. The minimum absolute atomic E-state index is 0.0322. The quantitative estimate of drug-likeness (QED) is 0.784. The molecule has 134 valence electrons. The van der Waals surface area contributed by atoms with Crippen LogP contribution in [0.5, 0.6) is 0 Å². The zero-order chi connectivity index (χ0) is 18.3. The third-order valence-corrected chi connectivity index (χ3v) is 6.14. The number of amides is 1. The molecule has 0 unspecified atom stereocenters. The molecule has 0 radical (unpaired) electrons. The van der Waals surface area contributed by atoms with Crippen LogP contribution < -0.4 is 5.32 Å². The van der Waals surface area contributed by atoms with Gasteiger partial charge in [-0.3, -0.25) is 9.78 Å². The molecular weight excluding hydrogens is 336 g/mol. The summed E-state index contributed by atoms with van der Waals surface area (Å²) in [7, 11) is -3.64. The van der Waals surface area contributed by atoms with Gasteiger partial charge in [-0.2, -0.15) is 0 Å². The highest BCUT2D eigenvalue weighted by Crippen LogP contribution is 2.28. The van der Waals surface area contributed by atoms with E-state index >= 15 is 0 Å². The Hall–Kier alpha value is -2.21. The third kappa shape index (κ3) is 5.13. The maximum atomic E-state index is 13.1. The molecule has 0 aliphatic rings. The van der Waals surface area contributed by atoms with E-state index in [-0.39, 0.29) is 17.3 Å². The summed E-state index contributed by atoms with van der Waals surface area (Å²) in [5, 5.41) is 1.89. The number of nitrogens with zero attached hydrogens (tertiary/aromatic N) is 1. The number of hydrogen-bond donors (Lipinski definition) is 1. The molecule has 1 amide bonds. The van der Waals surface area contributed by atoms with Crippen molar-refractivity contribution in [3.63, 3.8) is 0 Å². The number of benzene rings is 1. The number of rotatable bonds is 8. The van der Waals surface area contributed by atoms with Crippen LogP contribution in [-0.4, -0.2) is 25.9 Å². The largest absolute Gasteiger partial charge is 0.354 e. The van der Waals surface area contributed by atoms with Crippen molar-refractivity contribution in [2.45, 2.75) is 43.3 Å². The fraction of sp³-hybridized carbons (Fsp3) is 0.368. The van der Waals surface area contributed by atoms with E-state index in [0.717, 1.165) is 18.4 Å². The van der Waals surface area contributed by atoms with Crippen LogP contribution >= 0.6 is 0 Å². The van der Waals surface area contributed by atoms with Crippen LogP contribution in [0.25, 0.3) is 0 Å². The predicted molar refractivity (Wildman–Crippen MR) is 97.9 cm³/mol. The highest BCUT2D eigenvalue weighted by Gasteiger charge is 2.29. The molecule has 0 aliphatic heterocycles. The van der Waals surface area contributed by atoms with Gasteiger partial charge in [0, 0.05) is 25.4 Å². The number of carbonyl (C=O) groups is 1. The molecule has 1 aromatic carbocycles. The fourth-order valence-corrected chi connectivity index (χ4v) is 4.14. The zero-order valence-electron chi connectivity index (χ0n) is 14.6. The SMILES string of the molecule is CCCCC(=O)NC[C@@H](c1cccnc1)S(=O)(=O)c1ccc(C)cc1. The average Bonchev–Trinajstić information content (AvgIpc) is 2.61. The molecule has 1 atom stereocenters. The van der Waals surface area contributed by atoms with Crippen LogP contribution in [0.2, 0.25) is 0 Å². The van der Waals surface area contributed by atoms with Crippen molar-refractivity contribution in [3.8, 4) is 0 Å². The number of carbonyl (C=O) groups excluding carboxylic acids is 1. The Morgan fingerprint density at radius 2 is 1.92 bits per heavy atom. The molecule has 0 spiro atoms. The van der Waals surface area contributed by atoms with Gasteiger partial charge < -0.3 is 5.32 Å². The number of sulfone groups is 1. The Balaban J connectivity index is 2.28. The lowest BCUT2D eigenvalue weighted by atomic mass is 10.2. The molecule has 0 aliphatic carbocycles. The van der Waals surface area contributed by atoms with Crippen molar-refractivity contribution >= 4 is 15.7 Å². The molecule has 0 fully saturated rings. The van der Waals surface area contributed by atoms with E-state index in [0.29, 0.717) is 12.0 Å². The van der Waals surface area contributed by atoms with Gasteiger partial charge in [0.2, 0.25) is 5.91 Å². The van der Waals surface area contributed by atoms with Crippen LogP contribution in [0.3, 0.4) is 0 Å². The Morgan fingerprint density at radius 1 is 1.20 bits per heavy atom. The van der Waals surface area contributed by atoms with Gasteiger partial charge in [0.1, 0.15) is 5.25 Å². The van der Waals surface area contributed by atoms with Crippen molar-refractivity contribution in [1.29, 1.82) is 0 Å². The Kier molecular flexibility index (Phi) is 6.70. The minimum Gasteiger partial charge on any atom is -0.354 e. The smallest absolute Gasteiger partial charge is 0.220 e. The molecule has 25 heavy (non-hydrogen) atoms. The maximum absolute atomic E-state index is 13.1. The molecule has 0 bridgehead atoms. The summed E-state index contributed by atoms with van der Waals surface area (Å²) >= 11 is 0. The van der Waals surface area contributed by atoms with Crippen LogP contribution in [0.15, 0.2) is 53.7 Å². The molecule has 2 aromatic rings. The summed E-state index contributed by atoms with van der Waals surface area (Å²) < 4.78 is 26.2. The first-order valence-corrected chi connectivity index (χ1v) is 9.97. The summed E-state index contributed by atoms with van der Waals surface area (Å²) in [6.07, 6.45) is 5.24. The van der Waals surface area contributed by atoms with Gasteiger partial charge in [-0.25, -0.2) is 8.42 Å². The molecule has 1 N–H and O–H groups in total. The van der Waals surface area contributed by atoms with E-state index in [1.807, 2.05) is 13.8 Å². The molecular formula is C19H24N2O3S. The highest BCUT2D eigenvalue weighted by molar-refractivity contribution is 7.91. The van der Waals surface area contributed by atoms with E-state index in [1.165, 1.54) is 6.20 Å². The van der Waals surface area contributed by atoms with Crippen molar-refractivity contribution < 1.29 is 13.2 Å². The van der Waals surface area contributed by atoms with Crippen LogP contribution in [-0.2, 0) is 14.6 Å². The van der Waals surface area contributed by atoms with Gasteiger partial charge in [-0.05, 0) is 37.1 Å². The van der Waals surface area contributed by atoms with Gasteiger partial charge in [0.15, 0.2) is 9.84 Å². The number of aryl methyl sites for hydroxylation is 1. The number of aromatic nitrogens is 1. The third-order valence-electron chi connectivity index (χ3n) is 4.02. The van der Waals surface area contributed by atoms with E-state index in [2.05, 4.69) is 10.3 Å². The van der Waals surface area contributed by atoms with Crippen molar-refractivity contribution in [1.82, 2.24) is 10.3 Å². The summed E-state index contributed by atoms with van der Waals surface area (Å²) in [6, 6.07) is 10.2. The zero-order valence-corrected chi connectivity index (χ0v) is 15.4. The molecule has 0 saturated heterocycles. The normalized spacial score (nSPS) is 12.6. The Labute approximate surface area is 149 Å².